The number of rotatable bonds is 9. The molecular weight excluding hydrogens is 360 g/mol. The second-order valence-electron chi connectivity index (χ2n) is 6.22. The molecule has 0 radical (unpaired) electrons. The molecule has 1 aromatic carbocycles. The van der Waals surface area contributed by atoms with Crippen molar-refractivity contribution in [2.24, 2.45) is 0 Å². The monoisotopic (exact) mass is 389 g/mol. The number of pyridine rings is 1. The van der Waals surface area contributed by atoms with Crippen LogP contribution in [0.3, 0.4) is 0 Å². The number of aromatic nitrogens is 1. The van der Waals surface area contributed by atoms with Crippen molar-refractivity contribution in [1.29, 1.82) is 0 Å². The summed E-state index contributed by atoms with van der Waals surface area (Å²) in [6.07, 6.45) is 4.41. The van der Waals surface area contributed by atoms with Crippen LogP contribution in [0.15, 0.2) is 42.6 Å². The second kappa shape index (κ2) is 10.7. The number of anilines is 1. The fraction of sp³-hybridized carbons (Fsp3) is 0.381. The van der Waals surface area contributed by atoms with Crippen LogP contribution in [0.25, 0.3) is 11.6 Å². The molecule has 3 nitrogen and oxygen atoms in total. The minimum atomic E-state index is 0.165. The topological polar surface area (TPSA) is 27.4 Å². The first-order valence-corrected chi connectivity index (χ1v) is 11.4. The molecule has 0 unspecified atom stereocenters. The Kier molecular flexibility index (Phi) is 8.55. The van der Waals surface area contributed by atoms with Gasteiger partial charge in [-0.25, -0.2) is 0 Å². The normalized spacial score (nSPS) is 11.7. The van der Waals surface area contributed by atoms with E-state index in [1.807, 2.05) is 28.6 Å². The molecule has 0 fully saturated rings. The molecule has 2 rings (SSSR count). The molecule has 0 aliphatic rings. The van der Waals surface area contributed by atoms with E-state index in [9.17, 15) is 0 Å². The average molecular weight is 390 g/mol. The highest BCUT2D eigenvalue weighted by molar-refractivity contribution is 8.76. The van der Waals surface area contributed by atoms with Crippen molar-refractivity contribution < 1.29 is 9.67 Å². The molecular formula is C21H29N2OS2+. The predicted octanol–water partition coefficient (Wildman–Crippen LogP) is 4.63. The molecule has 0 saturated carbocycles. The van der Waals surface area contributed by atoms with Crippen LogP contribution in [0.4, 0.5) is 5.69 Å². The van der Waals surface area contributed by atoms with Crippen molar-refractivity contribution in [3.63, 3.8) is 0 Å². The van der Waals surface area contributed by atoms with Gasteiger partial charge in [-0.15, -0.1) is 0 Å². The van der Waals surface area contributed by atoms with Gasteiger partial charge >= 0.3 is 0 Å². The number of aliphatic hydroxyl groups excluding tert-OH is 1. The number of aliphatic hydroxyl groups is 1. The lowest BCUT2D eigenvalue weighted by Crippen LogP contribution is -2.35. The van der Waals surface area contributed by atoms with Crippen molar-refractivity contribution in [2.45, 2.75) is 26.6 Å². The third-order valence-corrected chi connectivity index (χ3v) is 6.55. The summed E-state index contributed by atoms with van der Waals surface area (Å²) < 4.78 is 2.30. The predicted molar refractivity (Wildman–Crippen MR) is 117 cm³/mol. The van der Waals surface area contributed by atoms with Gasteiger partial charge in [-0.05, 0) is 60.0 Å². The summed E-state index contributed by atoms with van der Waals surface area (Å²) in [6, 6.07) is 12.8. The lowest BCUT2D eigenvalue weighted by molar-refractivity contribution is -0.677. The molecule has 0 atom stereocenters. The average Bonchev–Trinajstić information content (AvgIpc) is 2.64. The zero-order valence-electron chi connectivity index (χ0n) is 16.1. The van der Waals surface area contributed by atoms with Gasteiger partial charge in [0, 0.05) is 42.7 Å². The summed E-state index contributed by atoms with van der Waals surface area (Å²) in [4.78, 5) is 2.07. The SMILES string of the molecule is CCSSC[n+]1ccccc1/C(C)=C/c1ccc(N(C)CCO)cc1C. The number of hydrogen-bond donors (Lipinski definition) is 1. The molecule has 5 heteroatoms. The lowest BCUT2D eigenvalue weighted by atomic mass is 10.0. The number of aryl methyl sites for hydroxylation is 1. The minimum absolute atomic E-state index is 0.165. The Balaban J connectivity index is 2.24. The fourth-order valence-electron chi connectivity index (χ4n) is 2.77. The number of benzene rings is 1. The fourth-order valence-corrected chi connectivity index (χ4v) is 4.41. The van der Waals surface area contributed by atoms with Crippen LogP contribution < -0.4 is 9.47 Å². The summed E-state index contributed by atoms with van der Waals surface area (Å²) in [5.41, 5.74) is 6.11. The minimum Gasteiger partial charge on any atom is -0.395 e. The van der Waals surface area contributed by atoms with E-state index in [2.05, 4.69) is 78.9 Å². The molecule has 1 aromatic heterocycles. The van der Waals surface area contributed by atoms with Crippen molar-refractivity contribution in [2.75, 3.05) is 30.9 Å². The molecule has 1 heterocycles. The third-order valence-electron chi connectivity index (χ3n) is 4.24. The highest BCUT2D eigenvalue weighted by Gasteiger charge is 2.12. The summed E-state index contributed by atoms with van der Waals surface area (Å²) >= 11 is 0. The van der Waals surface area contributed by atoms with Crippen LogP contribution in [-0.2, 0) is 5.88 Å². The Hall–Kier alpha value is -1.43. The molecule has 0 bridgehead atoms. The van der Waals surface area contributed by atoms with Gasteiger partial charge in [0.15, 0.2) is 6.20 Å². The molecule has 26 heavy (non-hydrogen) atoms. The van der Waals surface area contributed by atoms with Crippen LogP contribution in [-0.4, -0.2) is 31.1 Å². The molecule has 0 saturated heterocycles. The molecule has 140 valence electrons. The number of likely N-dealkylation sites (N-methyl/N-ethyl adjacent to an activating group) is 1. The molecule has 0 spiro atoms. The molecule has 0 aliphatic heterocycles. The molecule has 0 amide bonds. The maximum Gasteiger partial charge on any atom is 0.208 e. The number of hydrogen-bond acceptors (Lipinski definition) is 4. The standard InChI is InChI=1S/C21H29N2OS2/c1-5-25-26-16-23-11-7-6-8-21(23)18(3)14-19-9-10-20(15-17(19)2)22(4)12-13-24/h6-11,14-15,24H,5,12-13,16H2,1-4H3/q+1. The smallest absolute Gasteiger partial charge is 0.208 e. The summed E-state index contributed by atoms with van der Waals surface area (Å²) in [5, 5.41) is 9.11. The maximum absolute atomic E-state index is 9.11. The van der Waals surface area contributed by atoms with Crippen LogP contribution in [0.1, 0.15) is 30.7 Å². The highest BCUT2D eigenvalue weighted by atomic mass is 33.1. The first-order chi connectivity index (χ1) is 12.6. The van der Waals surface area contributed by atoms with E-state index in [1.54, 1.807) is 0 Å². The van der Waals surface area contributed by atoms with Gasteiger partial charge in [-0.3, -0.25) is 0 Å². The van der Waals surface area contributed by atoms with Crippen LogP contribution in [0, 0.1) is 6.92 Å². The quantitative estimate of drug-likeness (QED) is 0.384. The van der Waals surface area contributed by atoms with Gasteiger partial charge in [-0.1, -0.05) is 23.8 Å². The summed E-state index contributed by atoms with van der Waals surface area (Å²) in [6.45, 7) is 7.31. The van der Waals surface area contributed by atoms with Gasteiger partial charge in [0.25, 0.3) is 0 Å². The van der Waals surface area contributed by atoms with Gasteiger partial charge in [0.05, 0.1) is 6.61 Å². The molecule has 1 N–H and O–H groups in total. The van der Waals surface area contributed by atoms with Crippen molar-refractivity contribution >= 4 is 38.9 Å². The van der Waals surface area contributed by atoms with Crippen molar-refractivity contribution in [3.05, 3.63) is 59.4 Å². The summed E-state index contributed by atoms with van der Waals surface area (Å²) in [7, 11) is 5.78. The van der Waals surface area contributed by atoms with Crippen molar-refractivity contribution in [1.82, 2.24) is 0 Å². The van der Waals surface area contributed by atoms with E-state index in [0.29, 0.717) is 6.54 Å². The Morgan fingerprint density at radius 3 is 2.73 bits per heavy atom. The summed E-state index contributed by atoms with van der Waals surface area (Å²) in [5.74, 6) is 2.07. The first kappa shape index (κ1) is 20.9. The van der Waals surface area contributed by atoms with Crippen LogP contribution in [0.2, 0.25) is 0 Å². The van der Waals surface area contributed by atoms with Crippen LogP contribution in [0.5, 0.6) is 0 Å². The zero-order chi connectivity index (χ0) is 18.9. The van der Waals surface area contributed by atoms with E-state index >= 15 is 0 Å². The van der Waals surface area contributed by atoms with Gasteiger partial charge < -0.3 is 10.0 Å². The van der Waals surface area contributed by atoms with Gasteiger partial charge in [-0.2, -0.15) is 4.57 Å². The zero-order valence-corrected chi connectivity index (χ0v) is 17.7. The Labute approximate surface area is 165 Å². The Morgan fingerprint density at radius 1 is 1.23 bits per heavy atom. The molecule has 2 aromatic rings. The van der Waals surface area contributed by atoms with Crippen molar-refractivity contribution in [3.8, 4) is 0 Å². The van der Waals surface area contributed by atoms with E-state index in [0.717, 1.165) is 17.3 Å². The number of nitrogens with zero attached hydrogens (tertiary/aromatic N) is 2. The van der Waals surface area contributed by atoms with E-state index in [4.69, 9.17) is 5.11 Å². The molecule has 0 aliphatic carbocycles. The maximum atomic E-state index is 9.11. The van der Waals surface area contributed by atoms with Crippen LogP contribution >= 0.6 is 21.6 Å². The van der Waals surface area contributed by atoms with E-state index in [-0.39, 0.29) is 6.61 Å². The second-order valence-corrected chi connectivity index (χ2v) is 8.94. The van der Waals surface area contributed by atoms with Gasteiger partial charge in [0.2, 0.25) is 11.6 Å². The van der Waals surface area contributed by atoms with Gasteiger partial charge in [0.1, 0.15) is 0 Å². The van der Waals surface area contributed by atoms with E-state index < -0.39 is 0 Å². The number of allylic oxidation sites excluding steroid dienone is 1. The Morgan fingerprint density at radius 2 is 2.04 bits per heavy atom. The third kappa shape index (κ3) is 5.79. The first-order valence-electron chi connectivity index (χ1n) is 8.91. The largest absolute Gasteiger partial charge is 0.395 e. The van der Waals surface area contributed by atoms with E-state index in [1.165, 1.54) is 22.4 Å². The Bertz CT molecular complexity index is 747. The highest BCUT2D eigenvalue weighted by Crippen LogP contribution is 2.24. The lowest BCUT2D eigenvalue weighted by Gasteiger charge is -2.19.